The van der Waals surface area contributed by atoms with Crippen molar-refractivity contribution in [3.8, 4) is 22.7 Å². The van der Waals surface area contributed by atoms with Crippen LogP contribution in [0, 0.1) is 13.8 Å². The van der Waals surface area contributed by atoms with Crippen molar-refractivity contribution in [3.63, 3.8) is 0 Å². The molecule has 0 radical (unpaired) electrons. The van der Waals surface area contributed by atoms with Gasteiger partial charge >= 0.3 is 0 Å². The number of ether oxygens (including phenoxy) is 1. The number of carbonyl (C=O) groups excluding carboxylic acids is 1. The number of benzene rings is 2. The lowest BCUT2D eigenvalue weighted by molar-refractivity contribution is 0.0950. The predicted molar refractivity (Wildman–Crippen MR) is 123 cm³/mol. The fourth-order valence-electron chi connectivity index (χ4n) is 3.49. The van der Waals surface area contributed by atoms with E-state index in [2.05, 4.69) is 25.8 Å². The van der Waals surface area contributed by atoms with Crippen molar-refractivity contribution in [2.24, 2.45) is 5.10 Å². The Kier molecular flexibility index (Phi) is 5.85. The summed E-state index contributed by atoms with van der Waals surface area (Å²) in [6.07, 6.45) is 0. The van der Waals surface area contributed by atoms with Gasteiger partial charge in [-0.1, -0.05) is 18.2 Å². The van der Waals surface area contributed by atoms with Gasteiger partial charge in [-0.25, -0.2) is 10.1 Å². The molecule has 32 heavy (non-hydrogen) atoms. The van der Waals surface area contributed by atoms with E-state index in [4.69, 9.17) is 4.74 Å². The molecule has 0 unspecified atom stereocenters. The summed E-state index contributed by atoms with van der Waals surface area (Å²) in [5, 5.41) is 16.0. The van der Waals surface area contributed by atoms with E-state index < -0.39 is 0 Å². The van der Waals surface area contributed by atoms with Crippen molar-refractivity contribution in [1.82, 2.24) is 25.4 Å². The van der Waals surface area contributed by atoms with Gasteiger partial charge < -0.3 is 4.74 Å². The minimum absolute atomic E-state index is 0.317. The standard InChI is InChI=1S/C24H24N6O2/c1-15(18-10-12-20(32-4)13-11-18)25-28-24(31)22-14-21(26-27-22)23-16(2)29-30(17(23)3)19-8-6-5-7-9-19/h5-14H,1-4H3,(H,26,27)(H,28,31)/b25-15-. The first-order valence-electron chi connectivity index (χ1n) is 10.1. The highest BCUT2D eigenvalue weighted by molar-refractivity contribution is 6.00. The van der Waals surface area contributed by atoms with Crippen molar-refractivity contribution in [3.05, 3.63) is 83.3 Å². The van der Waals surface area contributed by atoms with E-state index in [-0.39, 0.29) is 5.91 Å². The first kappa shape index (κ1) is 21.0. The van der Waals surface area contributed by atoms with Crippen LogP contribution in [0.25, 0.3) is 16.9 Å². The molecule has 0 saturated carbocycles. The molecule has 8 nitrogen and oxygen atoms in total. The number of carbonyl (C=O) groups is 1. The number of rotatable bonds is 6. The molecular formula is C24H24N6O2. The van der Waals surface area contributed by atoms with Crippen LogP contribution in [0.2, 0.25) is 0 Å². The summed E-state index contributed by atoms with van der Waals surface area (Å²) in [6, 6.07) is 19.1. The minimum Gasteiger partial charge on any atom is -0.497 e. The number of hydrogen-bond acceptors (Lipinski definition) is 5. The summed E-state index contributed by atoms with van der Waals surface area (Å²) in [4.78, 5) is 12.6. The van der Waals surface area contributed by atoms with Gasteiger partial charge in [-0.2, -0.15) is 15.3 Å². The molecule has 2 aromatic heterocycles. The third-order valence-corrected chi connectivity index (χ3v) is 5.20. The molecule has 0 bridgehead atoms. The molecule has 2 heterocycles. The second kappa shape index (κ2) is 8.89. The zero-order chi connectivity index (χ0) is 22.7. The Morgan fingerprint density at radius 1 is 1.09 bits per heavy atom. The zero-order valence-corrected chi connectivity index (χ0v) is 18.4. The Morgan fingerprint density at radius 2 is 1.81 bits per heavy atom. The maximum absolute atomic E-state index is 12.6. The van der Waals surface area contributed by atoms with Gasteiger partial charge in [-0.15, -0.1) is 0 Å². The topological polar surface area (TPSA) is 97.2 Å². The molecular weight excluding hydrogens is 404 g/mol. The van der Waals surface area contributed by atoms with Crippen molar-refractivity contribution in [2.45, 2.75) is 20.8 Å². The van der Waals surface area contributed by atoms with Gasteiger partial charge in [-0.3, -0.25) is 9.89 Å². The summed E-state index contributed by atoms with van der Waals surface area (Å²) in [7, 11) is 1.62. The average molecular weight is 428 g/mol. The first-order chi connectivity index (χ1) is 15.5. The Labute approximate surface area is 185 Å². The van der Waals surface area contributed by atoms with Gasteiger partial charge in [0.25, 0.3) is 5.91 Å². The molecule has 2 N–H and O–H groups in total. The molecule has 162 valence electrons. The molecule has 0 saturated heterocycles. The predicted octanol–water partition coefficient (Wildman–Crippen LogP) is 4.04. The molecule has 4 aromatic rings. The Balaban J connectivity index is 1.52. The van der Waals surface area contributed by atoms with Crippen molar-refractivity contribution >= 4 is 11.6 Å². The summed E-state index contributed by atoms with van der Waals surface area (Å²) in [5.74, 6) is 0.388. The third-order valence-electron chi connectivity index (χ3n) is 5.20. The summed E-state index contributed by atoms with van der Waals surface area (Å²) in [5.41, 5.74) is 8.75. The maximum Gasteiger partial charge on any atom is 0.289 e. The number of amides is 1. The van der Waals surface area contributed by atoms with Crippen molar-refractivity contribution in [2.75, 3.05) is 7.11 Å². The average Bonchev–Trinajstić information content (AvgIpc) is 3.42. The van der Waals surface area contributed by atoms with E-state index in [1.807, 2.05) is 80.1 Å². The van der Waals surface area contributed by atoms with Gasteiger partial charge in [-0.05, 0) is 68.8 Å². The SMILES string of the molecule is COc1ccc(/C(C)=N\NC(=O)c2cc(-c3c(C)nn(-c4ccccc4)c3C)n[nH]2)cc1. The van der Waals surface area contributed by atoms with Gasteiger partial charge in [0.15, 0.2) is 0 Å². The minimum atomic E-state index is -0.373. The number of aromatic amines is 1. The largest absolute Gasteiger partial charge is 0.497 e. The quantitative estimate of drug-likeness (QED) is 0.358. The zero-order valence-electron chi connectivity index (χ0n) is 18.4. The van der Waals surface area contributed by atoms with Crippen LogP contribution in [0.4, 0.5) is 0 Å². The van der Waals surface area contributed by atoms with Gasteiger partial charge in [0.05, 0.1) is 35.6 Å². The van der Waals surface area contributed by atoms with Crippen molar-refractivity contribution < 1.29 is 9.53 Å². The lowest BCUT2D eigenvalue weighted by Crippen LogP contribution is -2.19. The second-order valence-electron chi connectivity index (χ2n) is 7.33. The maximum atomic E-state index is 12.6. The van der Waals surface area contributed by atoms with Crippen LogP contribution < -0.4 is 10.2 Å². The highest BCUT2D eigenvalue weighted by Gasteiger charge is 2.19. The molecule has 2 aromatic carbocycles. The third kappa shape index (κ3) is 4.15. The molecule has 0 atom stereocenters. The molecule has 1 amide bonds. The van der Waals surface area contributed by atoms with Crippen LogP contribution in [0.15, 0.2) is 65.8 Å². The molecule has 0 aliphatic carbocycles. The van der Waals surface area contributed by atoms with Crippen molar-refractivity contribution in [1.29, 1.82) is 0 Å². The van der Waals surface area contributed by atoms with E-state index in [0.29, 0.717) is 17.1 Å². The lowest BCUT2D eigenvalue weighted by Gasteiger charge is -2.04. The summed E-state index contributed by atoms with van der Waals surface area (Å²) >= 11 is 0. The number of nitrogens with zero attached hydrogens (tertiary/aromatic N) is 4. The van der Waals surface area contributed by atoms with E-state index in [0.717, 1.165) is 34.0 Å². The van der Waals surface area contributed by atoms with Crippen LogP contribution in [-0.4, -0.2) is 38.7 Å². The number of H-pyrrole nitrogens is 1. The monoisotopic (exact) mass is 428 g/mol. The number of hydrazone groups is 1. The molecule has 8 heteroatoms. The number of hydrogen-bond donors (Lipinski definition) is 2. The first-order valence-corrected chi connectivity index (χ1v) is 10.1. The lowest BCUT2D eigenvalue weighted by atomic mass is 10.1. The fourth-order valence-corrected chi connectivity index (χ4v) is 3.49. The van der Waals surface area contributed by atoms with Crippen LogP contribution in [0.1, 0.15) is 34.4 Å². The van der Waals surface area contributed by atoms with E-state index in [1.165, 1.54) is 0 Å². The van der Waals surface area contributed by atoms with Gasteiger partial charge in [0.1, 0.15) is 11.4 Å². The van der Waals surface area contributed by atoms with E-state index in [9.17, 15) is 4.79 Å². The Bertz CT molecular complexity index is 1270. The summed E-state index contributed by atoms with van der Waals surface area (Å²) < 4.78 is 7.04. The van der Waals surface area contributed by atoms with Crippen LogP contribution in [0.5, 0.6) is 5.75 Å². The highest BCUT2D eigenvalue weighted by atomic mass is 16.5. The number of nitrogens with one attached hydrogen (secondary N) is 2. The fraction of sp³-hybridized carbons (Fsp3) is 0.167. The van der Waals surface area contributed by atoms with E-state index in [1.54, 1.807) is 13.2 Å². The second-order valence-corrected chi connectivity index (χ2v) is 7.33. The number of aromatic nitrogens is 4. The van der Waals surface area contributed by atoms with Gasteiger partial charge in [0, 0.05) is 5.56 Å². The number of para-hydroxylation sites is 1. The number of aryl methyl sites for hydroxylation is 1. The Morgan fingerprint density at radius 3 is 2.50 bits per heavy atom. The molecule has 0 fully saturated rings. The Hall–Kier alpha value is -4.20. The van der Waals surface area contributed by atoms with Crippen LogP contribution in [0.3, 0.4) is 0 Å². The van der Waals surface area contributed by atoms with E-state index >= 15 is 0 Å². The molecule has 0 aliphatic rings. The normalized spacial score (nSPS) is 11.4. The van der Waals surface area contributed by atoms with Gasteiger partial charge in [0.2, 0.25) is 0 Å². The highest BCUT2D eigenvalue weighted by Crippen LogP contribution is 2.27. The van der Waals surface area contributed by atoms with Crippen LogP contribution in [-0.2, 0) is 0 Å². The number of methoxy groups -OCH3 is 1. The smallest absolute Gasteiger partial charge is 0.289 e. The molecule has 4 rings (SSSR count). The van der Waals surface area contributed by atoms with Crippen LogP contribution >= 0.6 is 0 Å². The summed E-state index contributed by atoms with van der Waals surface area (Å²) in [6.45, 7) is 5.74. The molecule has 0 aliphatic heterocycles. The molecule has 0 spiro atoms.